The zero-order valence-corrected chi connectivity index (χ0v) is 18.8. The molecule has 4 rings (SSSR count). The number of nitrogens with zero attached hydrogens (tertiary/aromatic N) is 4. The first kappa shape index (κ1) is 22.2. The molecule has 0 radical (unpaired) electrons. The second-order valence-corrected chi connectivity index (χ2v) is 8.74. The Morgan fingerprint density at radius 1 is 1.16 bits per heavy atom. The molecule has 0 N–H and O–H groups in total. The molecule has 8 nitrogen and oxygen atoms in total. The van der Waals surface area contributed by atoms with Crippen LogP contribution in [0.4, 0.5) is 0 Å². The van der Waals surface area contributed by atoms with Gasteiger partial charge in [0.2, 0.25) is 29.5 Å². The molecule has 1 aliphatic heterocycles. The maximum Gasteiger partial charge on any atom is 0.249 e. The van der Waals surface area contributed by atoms with Gasteiger partial charge >= 0.3 is 0 Å². The quantitative estimate of drug-likeness (QED) is 0.467. The lowest BCUT2D eigenvalue weighted by atomic mass is 9.85. The summed E-state index contributed by atoms with van der Waals surface area (Å²) in [7, 11) is 0. The molecule has 3 amide bonds. The number of hydrogen-bond donors (Lipinski definition) is 0. The highest BCUT2D eigenvalue weighted by Gasteiger charge is 2.47. The van der Waals surface area contributed by atoms with Crippen LogP contribution in [0.15, 0.2) is 40.8 Å². The van der Waals surface area contributed by atoms with E-state index in [1.54, 1.807) is 17.0 Å². The summed E-state index contributed by atoms with van der Waals surface area (Å²) in [5.41, 5.74) is 0.623. The number of aromatic nitrogens is 2. The van der Waals surface area contributed by atoms with Crippen molar-refractivity contribution < 1.29 is 18.8 Å². The van der Waals surface area contributed by atoms with Crippen LogP contribution in [0.5, 0.6) is 0 Å². The highest BCUT2D eigenvalue weighted by Crippen LogP contribution is 2.35. The summed E-state index contributed by atoms with van der Waals surface area (Å²) in [5, 5.41) is 8.60. The number of carbonyl (C=O) groups is 3. The fourth-order valence-corrected chi connectivity index (χ4v) is 4.42. The minimum Gasteiger partial charge on any atom is -0.419 e. The maximum absolute atomic E-state index is 13.0. The number of likely N-dealkylation sites (tertiary alicyclic amines) is 1. The standard InChI is InChI=1S/C23H25ClN4O4/c1-14(2)28(13-19-25-26-21(32-19)17-9-5-6-10-18(17)24)20(29)11-12-27-22(30)15-7-3-4-8-16(15)23(27)31/h3-6,9-10,14-16H,7-8,11-13H2,1-2H3/t15-,16+. The van der Waals surface area contributed by atoms with Crippen molar-refractivity contribution in [3.63, 3.8) is 0 Å². The lowest BCUT2D eigenvalue weighted by molar-refractivity contribution is -0.141. The molecule has 2 aliphatic rings. The first-order valence-corrected chi connectivity index (χ1v) is 11.1. The number of halogens is 1. The molecule has 2 heterocycles. The van der Waals surface area contributed by atoms with Gasteiger partial charge in [0.05, 0.1) is 29.0 Å². The molecular formula is C23H25ClN4O4. The molecule has 9 heteroatoms. The third kappa shape index (κ3) is 4.32. The molecule has 0 bridgehead atoms. The number of carbonyl (C=O) groups excluding carboxylic acids is 3. The van der Waals surface area contributed by atoms with Crippen molar-refractivity contribution in [1.29, 1.82) is 0 Å². The van der Waals surface area contributed by atoms with E-state index in [2.05, 4.69) is 10.2 Å². The van der Waals surface area contributed by atoms with Crippen LogP contribution >= 0.6 is 11.6 Å². The largest absolute Gasteiger partial charge is 0.419 e. The lowest BCUT2D eigenvalue weighted by Crippen LogP contribution is -2.40. The highest BCUT2D eigenvalue weighted by molar-refractivity contribution is 6.33. The molecule has 1 saturated heterocycles. The lowest BCUT2D eigenvalue weighted by Gasteiger charge is -2.26. The van der Waals surface area contributed by atoms with Crippen molar-refractivity contribution in [2.45, 2.75) is 45.7 Å². The van der Waals surface area contributed by atoms with Crippen molar-refractivity contribution >= 4 is 29.3 Å². The van der Waals surface area contributed by atoms with Gasteiger partial charge in [-0.05, 0) is 38.8 Å². The Morgan fingerprint density at radius 2 is 1.81 bits per heavy atom. The zero-order chi connectivity index (χ0) is 22.8. The zero-order valence-electron chi connectivity index (χ0n) is 18.0. The third-order valence-electron chi connectivity index (χ3n) is 5.97. The number of rotatable bonds is 7. The van der Waals surface area contributed by atoms with Crippen LogP contribution in [0.25, 0.3) is 11.5 Å². The van der Waals surface area contributed by atoms with E-state index >= 15 is 0 Å². The van der Waals surface area contributed by atoms with Gasteiger partial charge < -0.3 is 9.32 Å². The second-order valence-electron chi connectivity index (χ2n) is 8.33. The Balaban J connectivity index is 1.40. The smallest absolute Gasteiger partial charge is 0.249 e. The molecule has 1 aliphatic carbocycles. The Morgan fingerprint density at radius 3 is 2.44 bits per heavy atom. The van der Waals surface area contributed by atoms with E-state index in [1.165, 1.54) is 4.90 Å². The molecular weight excluding hydrogens is 432 g/mol. The average molecular weight is 457 g/mol. The number of imide groups is 1. The summed E-state index contributed by atoms with van der Waals surface area (Å²) in [6, 6.07) is 7.01. The summed E-state index contributed by atoms with van der Waals surface area (Å²) in [4.78, 5) is 41.1. The van der Waals surface area contributed by atoms with E-state index in [0.29, 0.717) is 23.4 Å². The third-order valence-corrected chi connectivity index (χ3v) is 6.30. The number of benzene rings is 1. The van der Waals surface area contributed by atoms with E-state index in [9.17, 15) is 14.4 Å². The predicted molar refractivity (Wildman–Crippen MR) is 117 cm³/mol. The summed E-state index contributed by atoms with van der Waals surface area (Å²) < 4.78 is 5.73. The van der Waals surface area contributed by atoms with E-state index in [0.717, 1.165) is 0 Å². The molecule has 1 fully saturated rings. The first-order valence-electron chi connectivity index (χ1n) is 10.7. The van der Waals surface area contributed by atoms with Gasteiger partial charge in [-0.2, -0.15) is 0 Å². The fraction of sp³-hybridized carbons (Fsp3) is 0.435. The second kappa shape index (κ2) is 9.24. The topological polar surface area (TPSA) is 96.6 Å². The maximum atomic E-state index is 13.0. The van der Waals surface area contributed by atoms with E-state index in [1.807, 2.05) is 38.1 Å². The molecule has 2 aromatic rings. The minimum atomic E-state index is -0.287. The monoisotopic (exact) mass is 456 g/mol. The van der Waals surface area contributed by atoms with E-state index in [4.69, 9.17) is 16.0 Å². The summed E-state index contributed by atoms with van der Waals surface area (Å²) in [5.74, 6) is -0.537. The Kier molecular flexibility index (Phi) is 6.41. The van der Waals surface area contributed by atoms with Crippen LogP contribution in [-0.2, 0) is 20.9 Å². The molecule has 0 saturated carbocycles. The van der Waals surface area contributed by atoms with Crippen molar-refractivity contribution in [3.05, 3.63) is 47.3 Å². The van der Waals surface area contributed by atoms with Crippen molar-refractivity contribution in [2.75, 3.05) is 6.54 Å². The van der Waals surface area contributed by atoms with Gasteiger partial charge in [-0.15, -0.1) is 10.2 Å². The van der Waals surface area contributed by atoms with Crippen molar-refractivity contribution in [3.8, 4) is 11.5 Å². The van der Waals surface area contributed by atoms with Crippen LogP contribution in [-0.4, -0.2) is 50.3 Å². The fourth-order valence-electron chi connectivity index (χ4n) is 4.21. The molecule has 168 valence electrons. The summed E-state index contributed by atoms with van der Waals surface area (Å²) >= 11 is 6.19. The number of allylic oxidation sites excluding steroid dienone is 2. The molecule has 32 heavy (non-hydrogen) atoms. The minimum absolute atomic E-state index is 0.0496. The molecule has 1 aromatic heterocycles. The molecule has 2 atom stereocenters. The van der Waals surface area contributed by atoms with Crippen LogP contribution in [0.3, 0.4) is 0 Å². The highest BCUT2D eigenvalue weighted by atomic mass is 35.5. The van der Waals surface area contributed by atoms with E-state index < -0.39 is 0 Å². The SMILES string of the molecule is CC(C)N(Cc1nnc(-c2ccccc2Cl)o1)C(=O)CCN1C(=O)[C@H]2CC=CC[C@H]2C1=O. The average Bonchev–Trinajstić information content (AvgIpc) is 3.34. The normalized spacial score (nSPS) is 20.2. The van der Waals surface area contributed by atoms with E-state index in [-0.39, 0.29) is 66.9 Å². The molecule has 0 spiro atoms. The van der Waals surface area contributed by atoms with Gasteiger partial charge in [0.25, 0.3) is 0 Å². The van der Waals surface area contributed by atoms with Gasteiger partial charge in [-0.3, -0.25) is 19.3 Å². The van der Waals surface area contributed by atoms with Crippen molar-refractivity contribution in [1.82, 2.24) is 20.0 Å². The van der Waals surface area contributed by atoms with Crippen LogP contribution in [0.1, 0.15) is 39.0 Å². The Hall–Kier alpha value is -3.00. The summed E-state index contributed by atoms with van der Waals surface area (Å²) in [6.07, 6.45) is 5.12. The molecule has 0 unspecified atom stereocenters. The van der Waals surface area contributed by atoms with Gasteiger partial charge in [-0.25, -0.2) is 0 Å². The first-order chi connectivity index (χ1) is 15.4. The Labute approximate surface area is 191 Å². The number of amides is 3. The van der Waals surface area contributed by atoms with Gasteiger partial charge in [0.15, 0.2) is 0 Å². The molecule has 1 aromatic carbocycles. The van der Waals surface area contributed by atoms with Gasteiger partial charge in [0, 0.05) is 19.0 Å². The van der Waals surface area contributed by atoms with Crippen molar-refractivity contribution in [2.24, 2.45) is 11.8 Å². The number of fused-ring (bicyclic) bond motifs is 1. The van der Waals surface area contributed by atoms with Crippen LogP contribution in [0, 0.1) is 11.8 Å². The predicted octanol–water partition coefficient (Wildman–Crippen LogP) is 3.47. The van der Waals surface area contributed by atoms with Crippen LogP contribution < -0.4 is 0 Å². The number of hydrogen-bond acceptors (Lipinski definition) is 6. The van der Waals surface area contributed by atoms with Gasteiger partial charge in [0.1, 0.15) is 0 Å². The van der Waals surface area contributed by atoms with Crippen LogP contribution in [0.2, 0.25) is 5.02 Å². The Bertz CT molecular complexity index is 1040. The van der Waals surface area contributed by atoms with Gasteiger partial charge in [-0.1, -0.05) is 35.9 Å². The summed E-state index contributed by atoms with van der Waals surface area (Å²) in [6.45, 7) is 3.98.